The minimum Gasteiger partial charge on any atom is -0.444 e. The van der Waals surface area contributed by atoms with E-state index in [4.69, 9.17) is 22.1 Å². The Morgan fingerprint density at radius 3 is 2.67 bits per heavy atom. The molecular formula is C13H20ClN3O4. The maximum absolute atomic E-state index is 11.5. The molecule has 0 aliphatic carbocycles. The zero-order valence-corrected chi connectivity index (χ0v) is 12.9. The molecule has 0 aliphatic rings. The topological polar surface area (TPSA) is 118 Å². The van der Waals surface area contributed by atoms with Gasteiger partial charge in [0.05, 0.1) is 11.4 Å². The van der Waals surface area contributed by atoms with E-state index in [1.807, 2.05) is 0 Å². The molecule has 2 atom stereocenters. The zero-order valence-electron chi connectivity index (χ0n) is 12.1. The van der Waals surface area contributed by atoms with Gasteiger partial charge < -0.3 is 26.0 Å². The highest BCUT2D eigenvalue weighted by molar-refractivity contribution is 6.29. The molecule has 0 aliphatic heterocycles. The number of hydrogen-bond acceptors (Lipinski definition) is 6. The van der Waals surface area contributed by atoms with Crippen molar-refractivity contribution in [2.24, 2.45) is 0 Å². The van der Waals surface area contributed by atoms with Crippen LogP contribution in [0.25, 0.3) is 0 Å². The first-order valence-corrected chi connectivity index (χ1v) is 6.73. The number of nitrogens with two attached hydrogens (primary N) is 1. The van der Waals surface area contributed by atoms with Gasteiger partial charge >= 0.3 is 6.09 Å². The van der Waals surface area contributed by atoms with Gasteiger partial charge in [-0.05, 0) is 32.9 Å². The largest absolute Gasteiger partial charge is 0.444 e. The van der Waals surface area contributed by atoms with Crippen molar-refractivity contribution < 1.29 is 19.7 Å². The van der Waals surface area contributed by atoms with E-state index in [0.717, 1.165) is 0 Å². The Hall–Kier alpha value is -1.57. The number of aliphatic hydroxyl groups is 2. The van der Waals surface area contributed by atoms with Crippen LogP contribution in [0.15, 0.2) is 12.1 Å². The Morgan fingerprint density at radius 1 is 1.48 bits per heavy atom. The summed E-state index contributed by atoms with van der Waals surface area (Å²) >= 11 is 5.72. The molecule has 1 heterocycles. The molecule has 0 saturated heterocycles. The second kappa shape index (κ2) is 6.93. The SMILES string of the molecule is CC(C)(C)OC(=O)NCC(O)C(O)c1nc(Cl)ccc1N. The molecule has 21 heavy (non-hydrogen) atoms. The summed E-state index contributed by atoms with van der Waals surface area (Å²) < 4.78 is 5.01. The molecule has 1 rings (SSSR count). The van der Waals surface area contributed by atoms with E-state index < -0.39 is 23.9 Å². The molecule has 7 nitrogen and oxygen atoms in total. The van der Waals surface area contributed by atoms with Gasteiger partial charge in [-0.3, -0.25) is 0 Å². The number of ether oxygens (including phenoxy) is 1. The fraction of sp³-hybridized carbons (Fsp3) is 0.538. The maximum atomic E-state index is 11.5. The Bertz CT molecular complexity index is 505. The monoisotopic (exact) mass is 317 g/mol. The number of nitrogen functional groups attached to an aromatic ring is 1. The molecule has 1 aromatic rings. The standard InChI is InChI=1S/C13H20ClN3O4/c1-13(2,3)21-12(20)16-6-8(18)11(19)10-7(15)4-5-9(14)17-10/h4-5,8,11,18-19H,6,15H2,1-3H3,(H,16,20). The summed E-state index contributed by atoms with van der Waals surface area (Å²) in [6.07, 6.45) is -3.37. The van der Waals surface area contributed by atoms with Gasteiger partial charge in [-0.2, -0.15) is 0 Å². The first-order valence-electron chi connectivity index (χ1n) is 6.35. The van der Waals surface area contributed by atoms with E-state index in [1.54, 1.807) is 20.8 Å². The van der Waals surface area contributed by atoms with E-state index in [2.05, 4.69) is 10.3 Å². The normalized spacial score (nSPS) is 14.4. The molecule has 118 valence electrons. The van der Waals surface area contributed by atoms with Crippen LogP contribution in [-0.2, 0) is 4.74 Å². The third kappa shape index (κ3) is 5.74. The predicted octanol–water partition coefficient (Wildman–Crippen LogP) is 1.24. The van der Waals surface area contributed by atoms with Gasteiger partial charge in [0.15, 0.2) is 0 Å². The van der Waals surface area contributed by atoms with Crippen LogP contribution in [0, 0.1) is 0 Å². The summed E-state index contributed by atoms with van der Waals surface area (Å²) in [7, 11) is 0. The minimum absolute atomic E-state index is 0.0565. The van der Waals surface area contributed by atoms with Gasteiger partial charge in [0.1, 0.15) is 23.0 Å². The Morgan fingerprint density at radius 2 is 2.10 bits per heavy atom. The summed E-state index contributed by atoms with van der Waals surface area (Å²) in [6, 6.07) is 2.94. The van der Waals surface area contributed by atoms with Crippen molar-refractivity contribution in [1.82, 2.24) is 10.3 Å². The summed E-state index contributed by atoms with van der Waals surface area (Å²) in [5, 5.41) is 22.4. The number of alkyl carbamates (subject to hydrolysis) is 1. The first-order chi connectivity index (χ1) is 9.60. The van der Waals surface area contributed by atoms with Crippen LogP contribution in [0.4, 0.5) is 10.5 Å². The molecule has 0 aromatic carbocycles. The minimum atomic E-state index is -1.38. The van der Waals surface area contributed by atoms with E-state index in [9.17, 15) is 15.0 Å². The van der Waals surface area contributed by atoms with Crippen molar-refractivity contribution in [3.8, 4) is 0 Å². The Balaban J connectivity index is 2.61. The highest BCUT2D eigenvalue weighted by Crippen LogP contribution is 2.23. The smallest absolute Gasteiger partial charge is 0.407 e. The molecule has 0 bridgehead atoms. The van der Waals surface area contributed by atoms with Gasteiger partial charge in [0, 0.05) is 6.54 Å². The van der Waals surface area contributed by atoms with Crippen molar-refractivity contribution >= 4 is 23.4 Å². The third-order valence-electron chi connectivity index (χ3n) is 2.42. The van der Waals surface area contributed by atoms with Gasteiger partial charge in [0.2, 0.25) is 0 Å². The van der Waals surface area contributed by atoms with Gasteiger partial charge in [0.25, 0.3) is 0 Å². The number of hydrogen-bond donors (Lipinski definition) is 4. The average Bonchev–Trinajstić information content (AvgIpc) is 2.36. The van der Waals surface area contributed by atoms with Crippen LogP contribution in [0.3, 0.4) is 0 Å². The number of aliphatic hydroxyl groups excluding tert-OH is 2. The van der Waals surface area contributed by atoms with E-state index in [-0.39, 0.29) is 23.1 Å². The summed E-state index contributed by atoms with van der Waals surface area (Å²) in [5.41, 5.74) is 5.27. The molecule has 0 spiro atoms. The van der Waals surface area contributed by atoms with Crippen LogP contribution >= 0.6 is 11.6 Å². The first kappa shape index (κ1) is 17.5. The number of amides is 1. The quantitative estimate of drug-likeness (QED) is 0.620. The summed E-state index contributed by atoms with van der Waals surface area (Å²) in [6.45, 7) is 4.93. The fourth-order valence-electron chi connectivity index (χ4n) is 1.49. The number of pyridine rings is 1. The van der Waals surface area contributed by atoms with Crippen molar-refractivity contribution in [3.63, 3.8) is 0 Å². The highest BCUT2D eigenvalue weighted by atomic mass is 35.5. The highest BCUT2D eigenvalue weighted by Gasteiger charge is 2.24. The number of anilines is 1. The van der Waals surface area contributed by atoms with E-state index >= 15 is 0 Å². The van der Waals surface area contributed by atoms with E-state index in [0.29, 0.717) is 0 Å². The number of rotatable bonds is 4. The number of nitrogens with one attached hydrogen (secondary N) is 1. The predicted molar refractivity (Wildman–Crippen MR) is 78.9 cm³/mol. The lowest BCUT2D eigenvalue weighted by molar-refractivity contribution is 0.0113. The second-order valence-corrected chi connectivity index (χ2v) is 5.89. The fourth-order valence-corrected chi connectivity index (χ4v) is 1.65. The molecule has 8 heteroatoms. The molecule has 0 fully saturated rings. The number of carbonyl (C=O) groups excluding carboxylic acids is 1. The molecule has 2 unspecified atom stereocenters. The third-order valence-corrected chi connectivity index (χ3v) is 2.63. The summed E-state index contributed by atoms with van der Waals surface area (Å²) in [5.74, 6) is 0. The maximum Gasteiger partial charge on any atom is 0.407 e. The Labute approximate surface area is 128 Å². The number of halogens is 1. The molecule has 1 aromatic heterocycles. The van der Waals surface area contributed by atoms with Crippen molar-refractivity contribution in [1.29, 1.82) is 0 Å². The average molecular weight is 318 g/mol. The molecule has 0 saturated carbocycles. The number of nitrogens with zero attached hydrogens (tertiary/aromatic N) is 1. The van der Waals surface area contributed by atoms with Crippen LogP contribution < -0.4 is 11.1 Å². The van der Waals surface area contributed by atoms with Gasteiger partial charge in [-0.1, -0.05) is 11.6 Å². The molecular weight excluding hydrogens is 298 g/mol. The molecule has 5 N–H and O–H groups in total. The lowest BCUT2D eigenvalue weighted by Crippen LogP contribution is -2.39. The van der Waals surface area contributed by atoms with Crippen molar-refractivity contribution in [2.75, 3.05) is 12.3 Å². The van der Waals surface area contributed by atoms with Crippen LogP contribution in [0.5, 0.6) is 0 Å². The van der Waals surface area contributed by atoms with Gasteiger partial charge in [-0.15, -0.1) is 0 Å². The number of aromatic nitrogens is 1. The Kier molecular flexibility index (Phi) is 5.77. The summed E-state index contributed by atoms with van der Waals surface area (Å²) in [4.78, 5) is 15.3. The van der Waals surface area contributed by atoms with Crippen LogP contribution in [0.1, 0.15) is 32.6 Å². The van der Waals surface area contributed by atoms with Gasteiger partial charge in [-0.25, -0.2) is 9.78 Å². The van der Waals surface area contributed by atoms with Crippen LogP contribution in [0.2, 0.25) is 5.15 Å². The number of carbonyl (C=O) groups is 1. The lowest BCUT2D eigenvalue weighted by Gasteiger charge is -2.22. The molecule has 0 radical (unpaired) electrons. The second-order valence-electron chi connectivity index (χ2n) is 5.50. The van der Waals surface area contributed by atoms with Crippen molar-refractivity contribution in [2.45, 2.75) is 38.6 Å². The molecule has 1 amide bonds. The van der Waals surface area contributed by atoms with E-state index in [1.165, 1.54) is 12.1 Å². The van der Waals surface area contributed by atoms with Crippen LogP contribution in [-0.4, -0.2) is 39.5 Å². The van der Waals surface area contributed by atoms with Crippen molar-refractivity contribution in [3.05, 3.63) is 23.0 Å². The lowest BCUT2D eigenvalue weighted by atomic mass is 10.1. The zero-order chi connectivity index (χ0) is 16.2.